The molecule has 0 saturated carbocycles. The Hall–Kier alpha value is -3.55. The van der Waals surface area contributed by atoms with E-state index in [1.54, 1.807) is 6.92 Å². The Kier molecular flexibility index (Phi) is 6.33. The number of amides is 4. The molecule has 29 heavy (non-hydrogen) atoms. The van der Waals surface area contributed by atoms with Gasteiger partial charge in [-0.2, -0.15) is 0 Å². The fourth-order valence-corrected chi connectivity index (χ4v) is 3.42. The standard InChI is InChI=1S/C21H24N4O4/c1-2-29-19(26)17-18(23-20(22)27)25(14-16-11-7-4-8-12-16)21(28)24(17)13-15-9-5-3-6-10-15/h3-12,17-18H,2,13-14H2,1H3,(H3,22,23,27)/t17-,18+/m0/s1. The number of nitrogens with zero attached hydrogens (tertiary/aromatic N) is 2. The second kappa shape index (κ2) is 9.09. The number of esters is 1. The molecule has 2 atom stereocenters. The minimum atomic E-state index is -1.01. The SMILES string of the molecule is CCOC(=O)[C@@H]1[C@H](NC(N)=O)N(Cc2ccccc2)C(=O)N1Cc1ccccc1. The number of ether oxygens (including phenoxy) is 1. The van der Waals surface area contributed by atoms with Crippen molar-refractivity contribution in [1.82, 2.24) is 15.1 Å². The molecule has 0 aromatic heterocycles. The zero-order valence-electron chi connectivity index (χ0n) is 16.2. The smallest absolute Gasteiger partial charge is 0.333 e. The van der Waals surface area contributed by atoms with Gasteiger partial charge in [-0.15, -0.1) is 0 Å². The third-order valence-electron chi connectivity index (χ3n) is 4.67. The van der Waals surface area contributed by atoms with Crippen molar-refractivity contribution in [3.05, 3.63) is 71.8 Å². The fourth-order valence-electron chi connectivity index (χ4n) is 3.42. The van der Waals surface area contributed by atoms with Gasteiger partial charge in [0.15, 0.2) is 6.04 Å². The molecule has 1 heterocycles. The van der Waals surface area contributed by atoms with Gasteiger partial charge in [0.25, 0.3) is 0 Å². The molecule has 0 radical (unpaired) electrons. The number of carbonyl (C=O) groups excluding carboxylic acids is 3. The molecule has 1 aliphatic heterocycles. The molecule has 8 heteroatoms. The summed E-state index contributed by atoms with van der Waals surface area (Å²) in [5.74, 6) is -0.592. The molecule has 4 amide bonds. The van der Waals surface area contributed by atoms with Gasteiger partial charge in [0.2, 0.25) is 0 Å². The number of nitrogens with two attached hydrogens (primary N) is 1. The van der Waals surface area contributed by atoms with E-state index in [1.165, 1.54) is 9.80 Å². The first kappa shape index (κ1) is 20.2. The molecule has 0 spiro atoms. The van der Waals surface area contributed by atoms with Crippen LogP contribution in [0, 0.1) is 0 Å². The van der Waals surface area contributed by atoms with Crippen LogP contribution in [-0.2, 0) is 22.6 Å². The third kappa shape index (κ3) is 4.66. The minimum Gasteiger partial charge on any atom is -0.464 e. The van der Waals surface area contributed by atoms with Crippen molar-refractivity contribution in [2.24, 2.45) is 5.73 Å². The molecular formula is C21H24N4O4. The predicted octanol–water partition coefficient (Wildman–Crippen LogP) is 2.05. The topological polar surface area (TPSA) is 105 Å². The first-order valence-electron chi connectivity index (χ1n) is 9.39. The molecule has 8 nitrogen and oxygen atoms in total. The highest BCUT2D eigenvalue weighted by Gasteiger charge is 2.50. The summed E-state index contributed by atoms with van der Waals surface area (Å²) in [7, 11) is 0. The lowest BCUT2D eigenvalue weighted by molar-refractivity contribution is -0.149. The number of hydrogen-bond donors (Lipinski definition) is 2. The van der Waals surface area contributed by atoms with Crippen molar-refractivity contribution in [1.29, 1.82) is 0 Å². The van der Waals surface area contributed by atoms with Crippen LogP contribution in [0.2, 0.25) is 0 Å². The molecule has 1 saturated heterocycles. The van der Waals surface area contributed by atoms with Crippen LogP contribution in [0.1, 0.15) is 18.1 Å². The van der Waals surface area contributed by atoms with Crippen LogP contribution < -0.4 is 11.1 Å². The highest BCUT2D eigenvalue weighted by Crippen LogP contribution is 2.27. The average Bonchev–Trinajstić information content (AvgIpc) is 2.95. The van der Waals surface area contributed by atoms with Gasteiger partial charge in [0.05, 0.1) is 6.61 Å². The molecular weight excluding hydrogens is 372 g/mol. The van der Waals surface area contributed by atoms with Crippen molar-refractivity contribution in [2.75, 3.05) is 6.61 Å². The van der Waals surface area contributed by atoms with E-state index in [-0.39, 0.29) is 25.7 Å². The molecule has 2 aromatic rings. The molecule has 3 N–H and O–H groups in total. The van der Waals surface area contributed by atoms with Gasteiger partial charge in [-0.25, -0.2) is 14.4 Å². The summed E-state index contributed by atoms with van der Waals surface area (Å²) in [6.45, 7) is 2.26. The van der Waals surface area contributed by atoms with Gasteiger partial charge in [0, 0.05) is 13.1 Å². The first-order valence-corrected chi connectivity index (χ1v) is 9.39. The number of hydrogen-bond acceptors (Lipinski definition) is 4. The monoisotopic (exact) mass is 396 g/mol. The highest BCUT2D eigenvalue weighted by atomic mass is 16.5. The number of nitrogens with one attached hydrogen (secondary N) is 1. The summed E-state index contributed by atoms with van der Waals surface area (Å²) in [6.07, 6.45) is -0.942. The highest BCUT2D eigenvalue weighted by molar-refractivity contribution is 5.89. The Balaban J connectivity index is 1.96. The van der Waals surface area contributed by atoms with Crippen LogP contribution >= 0.6 is 0 Å². The maximum atomic E-state index is 13.3. The van der Waals surface area contributed by atoms with E-state index in [1.807, 2.05) is 60.7 Å². The second-order valence-electron chi connectivity index (χ2n) is 6.66. The van der Waals surface area contributed by atoms with Crippen LogP contribution in [0.4, 0.5) is 9.59 Å². The number of carbonyl (C=O) groups is 3. The second-order valence-corrected chi connectivity index (χ2v) is 6.66. The molecule has 2 aromatic carbocycles. The molecule has 0 unspecified atom stereocenters. The quantitative estimate of drug-likeness (QED) is 0.699. The summed E-state index contributed by atoms with van der Waals surface area (Å²) < 4.78 is 5.20. The zero-order chi connectivity index (χ0) is 20.8. The number of benzene rings is 2. The Bertz CT molecular complexity index is 859. The van der Waals surface area contributed by atoms with Gasteiger partial charge in [-0.1, -0.05) is 60.7 Å². The number of rotatable bonds is 7. The van der Waals surface area contributed by atoms with Gasteiger partial charge < -0.3 is 20.7 Å². The van der Waals surface area contributed by atoms with Crippen molar-refractivity contribution >= 4 is 18.0 Å². The lowest BCUT2D eigenvalue weighted by atomic mass is 10.1. The largest absolute Gasteiger partial charge is 0.464 e. The lowest BCUT2D eigenvalue weighted by Gasteiger charge is -2.26. The van der Waals surface area contributed by atoms with Crippen molar-refractivity contribution in [3.8, 4) is 0 Å². The Morgan fingerprint density at radius 2 is 1.48 bits per heavy atom. The maximum Gasteiger partial charge on any atom is 0.333 e. The Morgan fingerprint density at radius 1 is 0.966 bits per heavy atom. The number of primary amides is 1. The van der Waals surface area contributed by atoms with Crippen LogP contribution in [0.5, 0.6) is 0 Å². The average molecular weight is 396 g/mol. The molecule has 3 rings (SSSR count). The van der Waals surface area contributed by atoms with Crippen molar-refractivity contribution in [3.63, 3.8) is 0 Å². The summed E-state index contributed by atoms with van der Waals surface area (Å²) in [4.78, 5) is 40.5. The van der Waals surface area contributed by atoms with Crippen LogP contribution in [0.3, 0.4) is 0 Å². The maximum absolute atomic E-state index is 13.3. The Labute approximate surface area is 169 Å². The van der Waals surface area contributed by atoms with E-state index in [2.05, 4.69) is 5.32 Å². The first-order chi connectivity index (χ1) is 14.0. The summed E-state index contributed by atoms with van der Waals surface area (Å²) in [5.41, 5.74) is 7.07. The normalized spacial score (nSPS) is 18.6. The Morgan fingerprint density at radius 3 is 1.97 bits per heavy atom. The van der Waals surface area contributed by atoms with E-state index < -0.39 is 24.2 Å². The zero-order valence-corrected chi connectivity index (χ0v) is 16.2. The summed E-state index contributed by atoms with van der Waals surface area (Å²) >= 11 is 0. The van der Waals surface area contributed by atoms with Crippen molar-refractivity contribution in [2.45, 2.75) is 32.2 Å². The van der Waals surface area contributed by atoms with Crippen LogP contribution in [0.25, 0.3) is 0 Å². The minimum absolute atomic E-state index is 0.157. The van der Waals surface area contributed by atoms with Crippen LogP contribution in [-0.4, -0.2) is 46.6 Å². The van der Waals surface area contributed by atoms with E-state index in [0.29, 0.717) is 0 Å². The van der Waals surface area contributed by atoms with E-state index in [0.717, 1.165) is 11.1 Å². The van der Waals surface area contributed by atoms with E-state index >= 15 is 0 Å². The third-order valence-corrected chi connectivity index (χ3v) is 4.67. The molecule has 1 aliphatic rings. The molecule has 152 valence electrons. The molecule has 0 aliphatic carbocycles. The van der Waals surface area contributed by atoms with E-state index in [4.69, 9.17) is 10.5 Å². The fraction of sp³-hybridized carbons (Fsp3) is 0.286. The van der Waals surface area contributed by atoms with Crippen molar-refractivity contribution < 1.29 is 19.1 Å². The number of urea groups is 2. The van der Waals surface area contributed by atoms with Crippen LogP contribution in [0.15, 0.2) is 60.7 Å². The van der Waals surface area contributed by atoms with E-state index in [9.17, 15) is 14.4 Å². The molecule has 1 fully saturated rings. The summed E-state index contributed by atoms with van der Waals surface area (Å²) in [5, 5.41) is 2.55. The van der Waals surface area contributed by atoms with Gasteiger partial charge in [-0.05, 0) is 18.1 Å². The molecule has 0 bridgehead atoms. The van der Waals surface area contributed by atoms with Gasteiger partial charge >= 0.3 is 18.0 Å². The predicted molar refractivity (Wildman–Crippen MR) is 106 cm³/mol. The van der Waals surface area contributed by atoms with Gasteiger partial charge in [-0.3, -0.25) is 4.90 Å². The summed E-state index contributed by atoms with van der Waals surface area (Å²) in [6, 6.07) is 16.4. The van der Waals surface area contributed by atoms with Gasteiger partial charge in [0.1, 0.15) is 6.17 Å². The lowest BCUT2D eigenvalue weighted by Crippen LogP contribution is -2.55.